The molecule has 2 aromatic rings. The molecule has 0 spiro atoms. The maximum atomic E-state index is 13.1. The number of amides is 4. The molecule has 2 heterocycles. The summed E-state index contributed by atoms with van der Waals surface area (Å²) in [5, 5.41) is 2.37. The molecule has 1 aliphatic carbocycles. The number of carbonyl (C=O) groups excluding carboxylic acids is 4. The number of para-hydroxylation sites is 1. The molecule has 4 amide bonds. The minimum atomic E-state index is -1.17. The fourth-order valence-electron chi connectivity index (χ4n) is 4.25. The van der Waals surface area contributed by atoms with E-state index in [1.165, 1.54) is 0 Å². The van der Waals surface area contributed by atoms with Gasteiger partial charge in [-0.15, -0.1) is 0 Å². The van der Waals surface area contributed by atoms with Gasteiger partial charge < -0.3 is 4.42 Å². The van der Waals surface area contributed by atoms with E-state index in [4.69, 9.17) is 4.42 Å². The average Bonchev–Trinajstić information content (AvgIpc) is 3.36. The zero-order valence-electron chi connectivity index (χ0n) is 16.8. The Morgan fingerprint density at radius 1 is 1.07 bits per heavy atom. The molecule has 1 unspecified atom stereocenters. The summed E-state index contributed by atoms with van der Waals surface area (Å²) in [4.78, 5) is 52.5. The summed E-state index contributed by atoms with van der Waals surface area (Å²) in [6, 6.07) is 9.08. The fourth-order valence-corrected chi connectivity index (χ4v) is 4.25. The number of ketones is 1. The predicted molar refractivity (Wildman–Crippen MR) is 109 cm³/mol. The zero-order chi connectivity index (χ0) is 21.3. The number of rotatable bonds is 4. The molecule has 1 aromatic carbocycles. The number of furan rings is 1. The normalized spacial score (nSPS) is 18.9. The summed E-state index contributed by atoms with van der Waals surface area (Å²) in [5.41, 5.74) is 0.749. The third kappa shape index (κ3) is 3.56. The molecule has 156 valence electrons. The molecule has 1 saturated carbocycles. The number of carbonyl (C=O) groups is 4. The van der Waals surface area contributed by atoms with Crippen LogP contribution in [-0.2, 0) is 16.0 Å². The van der Waals surface area contributed by atoms with Crippen molar-refractivity contribution < 1.29 is 23.6 Å². The molecule has 7 heteroatoms. The second-order valence-electron chi connectivity index (χ2n) is 7.78. The maximum absolute atomic E-state index is 13.1. The molecular formula is C23H24N2O5. The van der Waals surface area contributed by atoms with E-state index in [1.807, 2.05) is 6.92 Å². The van der Waals surface area contributed by atoms with Crippen molar-refractivity contribution in [2.75, 3.05) is 4.90 Å². The Hall–Kier alpha value is -3.22. The van der Waals surface area contributed by atoms with Gasteiger partial charge in [0.05, 0.1) is 5.69 Å². The number of Topliss-reactive ketones (excluding diaryl/α,β-unsaturated/α-hetero) is 1. The van der Waals surface area contributed by atoms with Gasteiger partial charge in [0.2, 0.25) is 11.7 Å². The van der Waals surface area contributed by atoms with E-state index in [1.54, 1.807) is 36.4 Å². The van der Waals surface area contributed by atoms with Crippen molar-refractivity contribution in [1.82, 2.24) is 5.32 Å². The van der Waals surface area contributed by atoms with E-state index in [9.17, 15) is 19.2 Å². The number of hydrogen-bond donors (Lipinski definition) is 1. The van der Waals surface area contributed by atoms with Crippen LogP contribution in [-0.4, -0.2) is 23.6 Å². The summed E-state index contributed by atoms with van der Waals surface area (Å²) >= 11 is 0. The van der Waals surface area contributed by atoms with Crippen LogP contribution < -0.4 is 10.2 Å². The highest BCUT2D eigenvalue weighted by molar-refractivity contribution is 6.30. The first-order valence-corrected chi connectivity index (χ1v) is 10.4. The molecule has 1 fully saturated rings. The van der Waals surface area contributed by atoms with Crippen LogP contribution in [0.5, 0.6) is 0 Å². The SMILES string of the molecule is CCc1ccc(C(=O)C2C(=O)N(C(=O)NC(=O)C3CCCCC3)c3ccccc32)o1. The molecule has 1 aliphatic heterocycles. The molecule has 1 aromatic heterocycles. The highest BCUT2D eigenvalue weighted by Crippen LogP contribution is 2.39. The van der Waals surface area contributed by atoms with Gasteiger partial charge in [0.15, 0.2) is 5.76 Å². The lowest BCUT2D eigenvalue weighted by molar-refractivity contribution is -0.124. The Bertz CT molecular complexity index is 1000. The van der Waals surface area contributed by atoms with Crippen molar-refractivity contribution in [1.29, 1.82) is 0 Å². The third-order valence-corrected chi connectivity index (χ3v) is 5.88. The van der Waals surface area contributed by atoms with Crippen LogP contribution in [0.2, 0.25) is 0 Å². The van der Waals surface area contributed by atoms with Crippen LogP contribution in [0.3, 0.4) is 0 Å². The van der Waals surface area contributed by atoms with E-state index in [0.29, 0.717) is 23.4 Å². The second-order valence-corrected chi connectivity index (χ2v) is 7.78. The lowest BCUT2D eigenvalue weighted by Gasteiger charge is -2.22. The second kappa shape index (κ2) is 8.26. The Morgan fingerprint density at radius 2 is 1.80 bits per heavy atom. The van der Waals surface area contributed by atoms with Crippen molar-refractivity contribution in [2.45, 2.75) is 51.4 Å². The van der Waals surface area contributed by atoms with Gasteiger partial charge >= 0.3 is 6.03 Å². The van der Waals surface area contributed by atoms with Gasteiger partial charge in [-0.1, -0.05) is 44.4 Å². The topological polar surface area (TPSA) is 96.7 Å². The number of fused-ring (bicyclic) bond motifs is 1. The molecule has 0 bridgehead atoms. The van der Waals surface area contributed by atoms with Crippen LogP contribution in [0.4, 0.5) is 10.5 Å². The predicted octanol–water partition coefficient (Wildman–Crippen LogP) is 3.97. The van der Waals surface area contributed by atoms with Crippen LogP contribution in [0.15, 0.2) is 40.8 Å². The number of nitrogens with one attached hydrogen (secondary N) is 1. The number of urea groups is 1. The number of nitrogens with zero attached hydrogens (tertiary/aromatic N) is 1. The minimum Gasteiger partial charge on any atom is -0.458 e. The maximum Gasteiger partial charge on any atom is 0.335 e. The first-order valence-electron chi connectivity index (χ1n) is 10.4. The van der Waals surface area contributed by atoms with Crippen LogP contribution in [0, 0.1) is 5.92 Å². The van der Waals surface area contributed by atoms with Gasteiger partial charge in [-0.2, -0.15) is 0 Å². The number of imide groups is 2. The summed E-state index contributed by atoms with van der Waals surface area (Å²) in [7, 11) is 0. The molecule has 7 nitrogen and oxygen atoms in total. The van der Waals surface area contributed by atoms with Crippen molar-refractivity contribution in [2.24, 2.45) is 5.92 Å². The highest BCUT2D eigenvalue weighted by atomic mass is 16.3. The molecule has 4 rings (SSSR count). The van der Waals surface area contributed by atoms with Gasteiger partial charge in [0.25, 0.3) is 5.91 Å². The quantitative estimate of drug-likeness (QED) is 0.610. The first-order chi connectivity index (χ1) is 14.5. The Labute approximate surface area is 174 Å². The number of hydrogen-bond acceptors (Lipinski definition) is 5. The van der Waals surface area contributed by atoms with E-state index in [-0.39, 0.29) is 17.6 Å². The Kier molecular flexibility index (Phi) is 5.53. The molecule has 1 N–H and O–H groups in total. The lowest BCUT2D eigenvalue weighted by Crippen LogP contribution is -2.47. The summed E-state index contributed by atoms with van der Waals surface area (Å²) in [6.07, 6.45) is 5.10. The smallest absolute Gasteiger partial charge is 0.335 e. The van der Waals surface area contributed by atoms with Gasteiger partial charge in [0.1, 0.15) is 11.7 Å². The summed E-state index contributed by atoms with van der Waals surface area (Å²) in [5.74, 6) is -2.20. The average molecular weight is 408 g/mol. The van der Waals surface area contributed by atoms with Crippen molar-refractivity contribution in [3.05, 3.63) is 53.5 Å². The first kappa shape index (κ1) is 20.1. The Balaban J connectivity index is 1.58. The van der Waals surface area contributed by atoms with Crippen LogP contribution in [0.1, 0.15) is 66.8 Å². The zero-order valence-corrected chi connectivity index (χ0v) is 16.8. The van der Waals surface area contributed by atoms with Crippen LogP contribution in [0.25, 0.3) is 0 Å². The molecule has 2 aliphatic rings. The van der Waals surface area contributed by atoms with E-state index in [0.717, 1.165) is 37.0 Å². The van der Waals surface area contributed by atoms with Gasteiger partial charge in [-0.3, -0.25) is 19.7 Å². The van der Waals surface area contributed by atoms with E-state index in [2.05, 4.69) is 5.32 Å². The molecule has 0 radical (unpaired) electrons. The molecular weight excluding hydrogens is 384 g/mol. The molecule has 30 heavy (non-hydrogen) atoms. The lowest BCUT2D eigenvalue weighted by atomic mass is 9.89. The van der Waals surface area contributed by atoms with Crippen LogP contribution >= 0.6 is 0 Å². The Morgan fingerprint density at radius 3 is 2.50 bits per heavy atom. The fraction of sp³-hybridized carbons (Fsp3) is 0.391. The summed E-state index contributed by atoms with van der Waals surface area (Å²) in [6.45, 7) is 1.90. The summed E-state index contributed by atoms with van der Waals surface area (Å²) < 4.78 is 5.54. The van der Waals surface area contributed by atoms with Crippen molar-refractivity contribution in [3.63, 3.8) is 0 Å². The highest BCUT2D eigenvalue weighted by Gasteiger charge is 2.46. The number of anilines is 1. The molecule has 0 saturated heterocycles. The van der Waals surface area contributed by atoms with Gasteiger partial charge in [0, 0.05) is 12.3 Å². The molecule has 1 atom stereocenters. The number of aryl methyl sites for hydroxylation is 1. The third-order valence-electron chi connectivity index (χ3n) is 5.88. The monoisotopic (exact) mass is 408 g/mol. The van der Waals surface area contributed by atoms with Crippen molar-refractivity contribution >= 4 is 29.3 Å². The van der Waals surface area contributed by atoms with Gasteiger partial charge in [-0.25, -0.2) is 9.69 Å². The van der Waals surface area contributed by atoms with Crippen molar-refractivity contribution in [3.8, 4) is 0 Å². The number of benzene rings is 1. The minimum absolute atomic E-state index is 0.0838. The standard InChI is InChI=1S/C23H24N2O5/c1-2-15-12-13-18(30-15)20(26)19-16-10-6-7-11-17(16)25(22(19)28)23(29)24-21(27)14-8-4-3-5-9-14/h6-7,10-14,19H,2-5,8-9H2,1H3,(H,24,27,29). The van der Waals surface area contributed by atoms with Gasteiger partial charge in [-0.05, 0) is 36.6 Å². The largest absolute Gasteiger partial charge is 0.458 e. The van der Waals surface area contributed by atoms with E-state index >= 15 is 0 Å². The van der Waals surface area contributed by atoms with E-state index < -0.39 is 23.6 Å².